The summed E-state index contributed by atoms with van der Waals surface area (Å²) >= 11 is 0. The third kappa shape index (κ3) is 2.08. The van der Waals surface area contributed by atoms with Crippen LogP contribution >= 0.6 is 0 Å². The number of rotatable bonds is 0. The van der Waals surface area contributed by atoms with Crippen molar-refractivity contribution in [3.63, 3.8) is 0 Å². The molecule has 1 atom stereocenters. The lowest BCUT2D eigenvalue weighted by Gasteiger charge is -2.25. The van der Waals surface area contributed by atoms with E-state index in [1.807, 2.05) is 11.8 Å². The van der Waals surface area contributed by atoms with Crippen molar-refractivity contribution < 1.29 is 4.74 Å². The van der Waals surface area contributed by atoms with Gasteiger partial charge in [0.15, 0.2) is 5.96 Å². The van der Waals surface area contributed by atoms with Crippen molar-refractivity contribution >= 4 is 5.96 Å². The van der Waals surface area contributed by atoms with Crippen LogP contribution in [0.25, 0.3) is 0 Å². The molecule has 0 aromatic heterocycles. The van der Waals surface area contributed by atoms with Crippen LogP contribution in [0.1, 0.15) is 13.3 Å². The molecule has 0 saturated carbocycles. The molecule has 3 N–H and O–H groups in total. The molecule has 64 valence electrons. The molecular weight excluding hydrogens is 142 g/mol. The van der Waals surface area contributed by atoms with Gasteiger partial charge in [-0.25, -0.2) is 0 Å². The maximum Gasteiger partial charge on any atom is 0.188 e. The molecule has 0 bridgehead atoms. The first-order valence-corrected chi connectivity index (χ1v) is 3.90. The Balaban J connectivity index is 2.52. The van der Waals surface area contributed by atoms with Crippen LogP contribution in [-0.2, 0) is 4.74 Å². The SMILES string of the molecule is CC1COCCCN1C(=N)N. The van der Waals surface area contributed by atoms with E-state index in [0.717, 1.165) is 19.6 Å². The molecular formula is C7H15N3O. The molecule has 4 heteroatoms. The second-order valence-corrected chi connectivity index (χ2v) is 2.86. The Kier molecular flexibility index (Phi) is 2.70. The van der Waals surface area contributed by atoms with Crippen molar-refractivity contribution in [2.45, 2.75) is 19.4 Å². The lowest BCUT2D eigenvalue weighted by molar-refractivity contribution is 0.123. The molecule has 11 heavy (non-hydrogen) atoms. The zero-order chi connectivity index (χ0) is 8.27. The number of ether oxygens (including phenoxy) is 1. The van der Waals surface area contributed by atoms with Crippen molar-refractivity contribution in [1.82, 2.24) is 4.90 Å². The first kappa shape index (κ1) is 8.33. The predicted octanol–water partition coefficient (Wildman–Crippen LogP) is -0.00933. The topological polar surface area (TPSA) is 62.3 Å². The van der Waals surface area contributed by atoms with E-state index in [0.29, 0.717) is 6.61 Å². The zero-order valence-electron chi connectivity index (χ0n) is 6.84. The zero-order valence-corrected chi connectivity index (χ0v) is 6.84. The van der Waals surface area contributed by atoms with Gasteiger partial charge in [-0.3, -0.25) is 5.41 Å². The van der Waals surface area contributed by atoms with Gasteiger partial charge in [0.05, 0.1) is 12.6 Å². The fourth-order valence-electron chi connectivity index (χ4n) is 1.26. The molecule has 1 rings (SSSR count). The van der Waals surface area contributed by atoms with Crippen LogP contribution < -0.4 is 5.73 Å². The van der Waals surface area contributed by atoms with E-state index >= 15 is 0 Å². The fraction of sp³-hybridized carbons (Fsp3) is 0.857. The Bertz CT molecular complexity index is 149. The molecule has 0 aliphatic carbocycles. The molecule has 1 unspecified atom stereocenters. The van der Waals surface area contributed by atoms with Crippen molar-refractivity contribution in [3.8, 4) is 0 Å². The minimum atomic E-state index is 0.156. The summed E-state index contributed by atoms with van der Waals surface area (Å²) in [4.78, 5) is 1.87. The maximum absolute atomic E-state index is 7.26. The van der Waals surface area contributed by atoms with E-state index in [-0.39, 0.29) is 12.0 Å². The Labute approximate surface area is 66.8 Å². The molecule has 0 aromatic rings. The summed E-state index contributed by atoms with van der Waals surface area (Å²) in [6.07, 6.45) is 0.962. The first-order valence-electron chi connectivity index (χ1n) is 3.90. The molecule has 1 aliphatic rings. The highest BCUT2D eigenvalue weighted by atomic mass is 16.5. The largest absolute Gasteiger partial charge is 0.379 e. The second kappa shape index (κ2) is 3.57. The molecule has 0 spiro atoms. The van der Waals surface area contributed by atoms with E-state index in [1.165, 1.54) is 0 Å². The number of guanidine groups is 1. The third-order valence-corrected chi connectivity index (χ3v) is 1.89. The molecule has 0 radical (unpaired) electrons. The Hall–Kier alpha value is -0.770. The highest BCUT2D eigenvalue weighted by Crippen LogP contribution is 2.05. The van der Waals surface area contributed by atoms with Crippen LogP contribution in [0.4, 0.5) is 0 Å². The summed E-state index contributed by atoms with van der Waals surface area (Å²) in [6.45, 7) is 4.33. The van der Waals surface area contributed by atoms with Gasteiger partial charge in [-0.15, -0.1) is 0 Å². The van der Waals surface area contributed by atoms with Crippen LogP contribution in [0.15, 0.2) is 0 Å². The lowest BCUT2D eigenvalue weighted by atomic mass is 10.3. The maximum atomic E-state index is 7.26. The Morgan fingerprint density at radius 1 is 1.73 bits per heavy atom. The standard InChI is InChI=1S/C7H15N3O/c1-6-5-11-4-2-3-10(6)7(8)9/h6H,2-5H2,1H3,(H3,8,9). The van der Waals surface area contributed by atoms with Gasteiger partial charge in [-0.2, -0.15) is 0 Å². The van der Waals surface area contributed by atoms with Gasteiger partial charge < -0.3 is 15.4 Å². The average Bonchev–Trinajstić information content (AvgIpc) is 2.13. The van der Waals surface area contributed by atoms with Gasteiger partial charge in [-0.1, -0.05) is 0 Å². The minimum Gasteiger partial charge on any atom is -0.379 e. The quantitative estimate of drug-likeness (QED) is 0.384. The number of nitrogens with two attached hydrogens (primary N) is 1. The van der Waals surface area contributed by atoms with Crippen molar-refractivity contribution in [2.24, 2.45) is 5.73 Å². The van der Waals surface area contributed by atoms with E-state index in [1.54, 1.807) is 0 Å². The summed E-state index contributed by atoms with van der Waals surface area (Å²) in [5.74, 6) is 0.156. The predicted molar refractivity (Wildman–Crippen MR) is 43.5 cm³/mol. The van der Waals surface area contributed by atoms with Gasteiger partial charge >= 0.3 is 0 Å². The molecule has 4 nitrogen and oxygen atoms in total. The summed E-state index contributed by atoms with van der Waals surface area (Å²) < 4.78 is 5.29. The average molecular weight is 157 g/mol. The second-order valence-electron chi connectivity index (χ2n) is 2.86. The smallest absolute Gasteiger partial charge is 0.188 e. The normalized spacial score (nSPS) is 26.3. The minimum absolute atomic E-state index is 0.156. The Morgan fingerprint density at radius 2 is 2.45 bits per heavy atom. The van der Waals surface area contributed by atoms with Gasteiger partial charge in [-0.05, 0) is 13.3 Å². The summed E-state index contributed by atoms with van der Waals surface area (Å²) in [5, 5.41) is 7.26. The number of hydrogen-bond acceptors (Lipinski definition) is 2. The highest BCUT2D eigenvalue weighted by Gasteiger charge is 2.17. The first-order chi connectivity index (χ1) is 5.22. The van der Waals surface area contributed by atoms with Crippen LogP contribution in [0.5, 0.6) is 0 Å². The molecule has 0 amide bonds. The molecule has 1 fully saturated rings. The number of hydrogen-bond donors (Lipinski definition) is 2. The Morgan fingerprint density at radius 3 is 3.09 bits per heavy atom. The monoisotopic (exact) mass is 157 g/mol. The highest BCUT2D eigenvalue weighted by molar-refractivity contribution is 5.74. The number of nitrogens with one attached hydrogen (secondary N) is 1. The summed E-state index contributed by atoms with van der Waals surface area (Å²) in [7, 11) is 0. The third-order valence-electron chi connectivity index (χ3n) is 1.89. The van der Waals surface area contributed by atoms with Crippen LogP contribution in [0.3, 0.4) is 0 Å². The number of nitrogens with zero attached hydrogens (tertiary/aromatic N) is 1. The van der Waals surface area contributed by atoms with Crippen molar-refractivity contribution in [3.05, 3.63) is 0 Å². The van der Waals surface area contributed by atoms with E-state index in [2.05, 4.69) is 0 Å². The van der Waals surface area contributed by atoms with Crippen molar-refractivity contribution in [2.75, 3.05) is 19.8 Å². The molecule has 1 saturated heterocycles. The van der Waals surface area contributed by atoms with Gasteiger partial charge in [0.25, 0.3) is 0 Å². The van der Waals surface area contributed by atoms with Crippen LogP contribution in [0, 0.1) is 5.41 Å². The van der Waals surface area contributed by atoms with Crippen LogP contribution in [0.2, 0.25) is 0 Å². The summed E-state index contributed by atoms with van der Waals surface area (Å²) in [5.41, 5.74) is 5.38. The van der Waals surface area contributed by atoms with Gasteiger partial charge in [0, 0.05) is 13.2 Å². The van der Waals surface area contributed by atoms with Gasteiger partial charge in [0.1, 0.15) is 0 Å². The van der Waals surface area contributed by atoms with E-state index < -0.39 is 0 Å². The van der Waals surface area contributed by atoms with Crippen molar-refractivity contribution in [1.29, 1.82) is 5.41 Å². The molecule has 1 heterocycles. The van der Waals surface area contributed by atoms with E-state index in [9.17, 15) is 0 Å². The lowest BCUT2D eigenvalue weighted by Crippen LogP contribution is -2.43. The fourth-order valence-corrected chi connectivity index (χ4v) is 1.26. The van der Waals surface area contributed by atoms with Gasteiger partial charge in [0.2, 0.25) is 0 Å². The molecule has 1 aliphatic heterocycles. The molecule has 0 aromatic carbocycles. The summed E-state index contributed by atoms with van der Waals surface area (Å²) in [6, 6.07) is 0.245. The van der Waals surface area contributed by atoms with E-state index in [4.69, 9.17) is 15.9 Å². The van der Waals surface area contributed by atoms with Crippen LogP contribution in [-0.4, -0.2) is 36.7 Å².